The molecule has 0 aliphatic rings. The van der Waals surface area contributed by atoms with Crippen LogP contribution >= 0.6 is 15.9 Å². The van der Waals surface area contributed by atoms with Gasteiger partial charge < -0.3 is 20.3 Å². The van der Waals surface area contributed by atoms with Crippen LogP contribution in [0.1, 0.15) is 5.56 Å². The number of halogens is 1. The van der Waals surface area contributed by atoms with Crippen LogP contribution in [0, 0.1) is 0 Å². The summed E-state index contributed by atoms with van der Waals surface area (Å²) >= 11 is 3.40. The van der Waals surface area contributed by atoms with Crippen molar-refractivity contribution in [2.24, 2.45) is 0 Å². The van der Waals surface area contributed by atoms with Crippen molar-refractivity contribution in [3.63, 3.8) is 0 Å². The van der Waals surface area contributed by atoms with Crippen molar-refractivity contribution >= 4 is 21.6 Å². The van der Waals surface area contributed by atoms with Gasteiger partial charge in [0.15, 0.2) is 0 Å². The Morgan fingerprint density at radius 3 is 2.57 bits per heavy atom. The molecular formula is C16H18BrNO3. The minimum atomic E-state index is -0.672. The Kier molecular flexibility index (Phi) is 6.04. The van der Waals surface area contributed by atoms with Crippen LogP contribution in [0.25, 0.3) is 0 Å². The van der Waals surface area contributed by atoms with Crippen molar-refractivity contribution in [3.8, 4) is 5.75 Å². The molecule has 0 amide bonds. The smallest absolute Gasteiger partial charge is 0.119 e. The number of nitrogen functional groups attached to an aromatic ring is 1. The second-order valence-corrected chi connectivity index (χ2v) is 5.59. The molecular weight excluding hydrogens is 334 g/mol. The first-order chi connectivity index (χ1) is 10.1. The zero-order valence-electron chi connectivity index (χ0n) is 11.5. The first-order valence-corrected chi connectivity index (χ1v) is 7.41. The van der Waals surface area contributed by atoms with Crippen molar-refractivity contribution < 1.29 is 14.6 Å². The van der Waals surface area contributed by atoms with Crippen molar-refractivity contribution in [1.29, 1.82) is 0 Å². The monoisotopic (exact) mass is 351 g/mol. The Labute approximate surface area is 132 Å². The topological polar surface area (TPSA) is 64.7 Å². The minimum absolute atomic E-state index is 0.183. The average Bonchev–Trinajstić information content (AvgIpc) is 2.47. The lowest BCUT2D eigenvalue weighted by Crippen LogP contribution is -2.23. The van der Waals surface area contributed by atoms with Gasteiger partial charge in [-0.15, -0.1) is 0 Å². The third-order valence-corrected chi connectivity index (χ3v) is 3.28. The second-order valence-electron chi connectivity index (χ2n) is 4.68. The molecule has 2 aromatic carbocycles. The van der Waals surface area contributed by atoms with E-state index in [4.69, 9.17) is 15.2 Å². The first kappa shape index (κ1) is 15.8. The molecule has 0 aliphatic carbocycles. The normalized spacial score (nSPS) is 12.1. The summed E-state index contributed by atoms with van der Waals surface area (Å²) in [6.45, 7) is 0.863. The molecule has 0 aliphatic heterocycles. The molecule has 4 nitrogen and oxygen atoms in total. The summed E-state index contributed by atoms with van der Waals surface area (Å²) in [5, 5.41) is 9.81. The van der Waals surface area contributed by atoms with Crippen LogP contribution in [0.2, 0.25) is 0 Å². The fourth-order valence-electron chi connectivity index (χ4n) is 1.74. The van der Waals surface area contributed by atoms with Crippen molar-refractivity contribution in [1.82, 2.24) is 0 Å². The van der Waals surface area contributed by atoms with Gasteiger partial charge in [0.05, 0.1) is 13.2 Å². The highest BCUT2D eigenvalue weighted by Gasteiger charge is 2.06. The fraction of sp³-hybridized carbons (Fsp3) is 0.250. The van der Waals surface area contributed by atoms with E-state index in [1.54, 1.807) is 24.3 Å². The Morgan fingerprint density at radius 2 is 1.86 bits per heavy atom. The van der Waals surface area contributed by atoms with Crippen LogP contribution < -0.4 is 10.5 Å². The summed E-state index contributed by atoms with van der Waals surface area (Å²) in [6, 6.07) is 14.9. The standard InChI is InChI=1S/C16H18BrNO3/c17-13-3-1-2-12(8-13)9-20-10-15(19)11-21-16-6-4-14(18)5-7-16/h1-8,15,19H,9-11,18H2. The fourth-order valence-corrected chi connectivity index (χ4v) is 2.19. The summed E-state index contributed by atoms with van der Waals surface area (Å²) in [5.74, 6) is 0.676. The summed E-state index contributed by atoms with van der Waals surface area (Å²) in [7, 11) is 0. The van der Waals surface area contributed by atoms with E-state index in [1.165, 1.54) is 0 Å². The van der Waals surface area contributed by atoms with Gasteiger partial charge in [-0.25, -0.2) is 0 Å². The largest absolute Gasteiger partial charge is 0.491 e. The number of hydrogen-bond donors (Lipinski definition) is 2. The lowest BCUT2D eigenvalue weighted by molar-refractivity contribution is 0.00548. The average molecular weight is 352 g/mol. The quantitative estimate of drug-likeness (QED) is 0.752. The molecule has 5 heteroatoms. The van der Waals surface area contributed by atoms with E-state index in [0.717, 1.165) is 10.0 Å². The van der Waals surface area contributed by atoms with Crippen LogP contribution in [0.15, 0.2) is 53.0 Å². The zero-order valence-corrected chi connectivity index (χ0v) is 13.1. The maximum atomic E-state index is 9.81. The van der Waals surface area contributed by atoms with E-state index < -0.39 is 6.10 Å². The van der Waals surface area contributed by atoms with Crippen molar-refractivity contribution in [2.75, 3.05) is 18.9 Å². The van der Waals surface area contributed by atoms with Crippen LogP contribution in [-0.4, -0.2) is 24.4 Å². The molecule has 3 N–H and O–H groups in total. The zero-order chi connectivity index (χ0) is 15.1. The molecule has 0 saturated heterocycles. The molecule has 2 rings (SSSR count). The molecule has 1 unspecified atom stereocenters. The molecule has 0 bridgehead atoms. The highest BCUT2D eigenvalue weighted by molar-refractivity contribution is 9.10. The van der Waals surface area contributed by atoms with Crippen molar-refractivity contribution in [2.45, 2.75) is 12.7 Å². The molecule has 0 radical (unpaired) electrons. The Morgan fingerprint density at radius 1 is 1.10 bits per heavy atom. The molecule has 2 aromatic rings. The van der Waals surface area contributed by atoms with Gasteiger partial charge in [0, 0.05) is 10.2 Å². The van der Waals surface area contributed by atoms with E-state index in [-0.39, 0.29) is 13.2 Å². The van der Waals surface area contributed by atoms with Crippen LogP contribution in [0.3, 0.4) is 0 Å². The van der Waals surface area contributed by atoms with E-state index in [2.05, 4.69) is 15.9 Å². The molecule has 21 heavy (non-hydrogen) atoms. The van der Waals surface area contributed by atoms with Gasteiger partial charge in [-0.05, 0) is 42.0 Å². The predicted octanol–water partition coefficient (Wildman–Crippen LogP) is 2.99. The van der Waals surface area contributed by atoms with E-state index >= 15 is 0 Å². The summed E-state index contributed by atoms with van der Waals surface area (Å²) in [6.07, 6.45) is -0.672. The van der Waals surface area contributed by atoms with Gasteiger partial charge >= 0.3 is 0 Å². The van der Waals surface area contributed by atoms with Gasteiger partial charge in [-0.1, -0.05) is 28.1 Å². The van der Waals surface area contributed by atoms with Gasteiger partial charge in [-0.3, -0.25) is 0 Å². The summed E-state index contributed by atoms with van der Waals surface area (Å²) < 4.78 is 11.9. The highest BCUT2D eigenvalue weighted by Crippen LogP contribution is 2.14. The third kappa shape index (κ3) is 5.75. The first-order valence-electron chi connectivity index (χ1n) is 6.62. The third-order valence-electron chi connectivity index (χ3n) is 2.79. The molecule has 0 saturated carbocycles. The Hall–Kier alpha value is -1.56. The van der Waals surface area contributed by atoms with Gasteiger partial charge in [0.1, 0.15) is 18.5 Å². The maximum absolute atomic E-state index is 9.81. The summed E-state index contributed by atoms with van der Waals surface area (Å²) in [4.78, 5) is 0. The van der Waals surface area contributed by atoms with Gasteiger partial charge in [-0.2, -0.15) is 0 Å². The lowest BCUT2D eigenvalue weighted by Gasteiger charge is -2.13. The molecule has 0 aromatic heterocycles. The predicted molar refractivity (Wildman–Crippen MR) is 86.2 cm³/mol. The van der Waals surface area contributed by atoms with E-state index in [1.807, 2.05) is 24.3 Å². The van der Waals surface area contributed by atoms with Gasteiger partial charge in [0.25, 0.3) is 0 Å². The molecule has 1 atom stereocenters. The Balaban J connectivity index is 1.67. The maximum Gasteiger partial charge on any atom is 0.119 e. The molecule has 0 fully saturated rings. The number of nitrogens with two attached hydrogens (primary N) is 1. The van der Waals surface area contributed by atoms with Gasteiger partial charge in [0.2, 0.25) is 0 Å². The summed E-state index contributed by atoms with van der Waals surface area (Å²) in [5.41, 5.74) is 7.32. The van der Waals surface area contributed by atoms with E-state index in [9.17, 15) is 5.11 Å². The Bertz CT molecular complexity index is 560. The van der Waals surface area contributed by atoms with Crippen molar-refractivity contribution in [3.05, 3.63) is 58.6 Å². The second kappa shape index (κ2) is 8.02. The number of aliphatic hydroxyl groups is 1. The number of anilines is 1. The SMILES string of the molecule is Nc1ccc(OCC(O)COCc2cccc(Br)c2)cc1. The highest BCUT2D eigenvalue weighted by atomic mass is 79.9. The number of rotatable bonds is 7. The molecule has 0 spiro atoms. The van der Waals surface area contributed by atoms with E-state index in [0.29, 0.717) is 18.0 Å². The molecule has 0 heterocycles. The van der Waals surface area contributed by atoms with Crippen LogP contribution in [-0.2, 0) is 11.3 Å². The van der Waals surface area contributed by atoms with Crippen LogP contribution in [0.4, 0.5) is 5.69 Å². The number of aliphatic hydroxyl groups excluding tert-OH is 1. The number of benzene rings is 2. The molecule has 112 valence electrons. The van der Waals surface area contributed by atoms with Crippen LogP contribution in [0.5, 0.6) is 5.75 Å². The number of ether oxygens (including phenoxy) is 2. The lowest BCUT2D eigenvalue weighted by atomic mass is 10.2. The number of hydrogen-bond acceptors (Lipinski definition) is 4. The minimum Gasteiger partial charge on any atom is -0.491 e.